The van der Waals surface area contributed by atoms with Gasteiger partial charge in [-0.1, -0.05) is 47.5 Å². The van der Waals surface area contributed by atoms with Gasteiger partial charge in [0, 0.05) is 16.0 Å². The Morgan fingerprint density at radius 2 is 1.78 bits per heavy atom. The number of rotatable bonds is 6. The normalized spacial score (nSPS) is 20.2. The lowest BCUT2D eigenvalue weighted by molar-refractivity contribution is -0.152. The molecule has 0 radical (unpaired) electrons. The van der Waals surface area contributed by atoms with E-state index in [2.05, 4.69) is 6.08 Å². The molecule has 1 aliphatic heterocycles. The molecular formula is C28H24Cl2N2O3S. The highest BCUT2D eigenvalue weighted by atomic mass is 35.5. The number of hydrazone groups is 1. The quantitative estimate of drug-likeness (QED) is 0.318. The van der Waals surface area contributed by atoms with Gasteiger partial charge in [0.15, 0.2) is 6.61 Å². The Morgan fingerprint density at radius 1 is 1.06 bits per heavy atom. The van der Waals surface area contributed by atoms with Crippen molar-refractivity contribution in [1.29, 1.82) is 0 Å². The van der Waals surface area contributed by atoms with Gasteiger partial charge in [-0.25, -0.2) is 5.01 Å². The Balaban J connectivity index is 1.41. The van der Waals surface area contributed by atoms with Crippen molar-refractivity contribution in [3.05, 3.63) is 97.7 Å². The monoisotopic (exact) mass is 538 g/mol. The summed E-state index contributed by atoms with van der Waals surface area (Å²) in [6, 6.07) is 16.8. The minimum atomic E-state index is -0.433. The number of benzene rings is 2. The molecule has 5 nitrogen and oxygen atoms in total. The van der Waals surface area contributed by atoms with E-state index in [0.717, 1.165) is 47.2 Å². The number of allylic oxidation sites excluding steroid dienone is 1. The molecule has 2 heterocycles. The van der Waals surface area contributed by atoms with Crippen LogP contribution < -0.4 is 0 Å². The molecule has 1 fully saturated rings. The zero-order chi connectivity index (χ0) is 25.1. The van der Waals surface area contributed by atoms with E-state index in [9.17, 15) is 9.59 Å². The van der Waals surface area contributed by atoms with E-state index in [1.165, 1.54) is 16.3 Å². The van der Waals surface area contributed by atoms with Crippen molar-refractivity contribution in [3.63, 3.8) is 0 Å². The molecule has 1 amide bonds. The van der Waals surface area contributed by atoms with Crippen LogP contribution in [0.25, 0.3) is 6.08 Å². The lowest BCUT2D eigenvalue weighted by atomic mass is 9.77. The van der Waals surface area contributed by atoms with E-state index >= 15 is 0 Å². The Hall–Kier alpha value is -2.93. The van der Waals surface area contributed by atoms with Crippen molar-refractivity contribution < 1.29 is 14.3 Å². The van der Waals surface area contributed by atoms with E-state index in [1.807, 2.05) is 65.4 Å². The fourth-order valence-corrected chi connectivity index (χ4v) is 5.70. The van der Waals surface area contributed by atoms with Gasteiger partial charge in [0.05, 0.1) is 18.2 Å². The fraction of sp³-hybridized carbons (Fsp3) is 0.250. The summed E-state index contributed by atoms with van der Waals surface area (Å²) < 4.78 is 5.34. The molecule has 1 aromatic heterocycles. The van der Waals surface area contributed by atoms with E-state index in [-0.39, 0.29) is 30.9 Å². The van der Waals surface area contributed by atoms with Crippen LogP contribution in [0.5, 0.6) is 0 Å². The number of fused-ring (bicyclic) bond motifs is 1. The van der Waals surface area contributed by atoms with Gasteiger partial charge < -0.3 is 4.74 Å². The van der Waals surface area contributed by atoms with Crippen LogP contribution in [-0.4, -0.2) is 29.2 Å². The minimum Gasteiger partial charge on any atom is -0.455 e. The standard InChI is InChI=1S/C28H24Cl2N2O3S/c29-22-8-4-18(5-9-22)14-21-2-1-3-24-27(21)31-32(28(24)20-6-10-23(30)11-7-20)25(33)16-35-26(34)15-19-12-13-36-17-19/h4-14,17,24,28H,1-3,15-16H2. The van der Waals surface area contributed by atoms with Crippen LogP contribution >= 0.6 is 34.5 Å². The van der Waals surface area contributed by atoms with Crippen molar-refractivity contribution in [3.8, 4) is 0 Å². The van der Waals surface area contributed by atoms with Crippen LogP contribution in [0.4, 0.5) is 0 Å². The maximum absolute atomic E-state index is 13.3. The molecular weight excluding hydrogens is 515 g/mol. The number of halogens is 2. The number of amides is 1. The van der Waals surface area contributed by atoms with Crippen LogP contribution in [0.1, 0.15) is 42.0 Å². The largest absolute Gasteiger partial charge is 0.455 e. The molecule has 0 saturated heterocycles. The van der Waals surface area contributed by atoms with Crippen LogP contribution in [0.2, 0.25) is 10.0 Å². The Kier molecular flexibility index (Phi) is 7.56. The van der Waals surface area contributed by atoms with E-state index in [1.54, 1.807) is 0 Å². The first-order chi connectivity index (χ1) is 17.5. The molecule has 2 unspecified atom stereocenters. The number of hydrogen-bond acceptors (Lipinski definition) is 5. The molecule has 184 valence electrons. The first kappa shape index (κ1) is 24.8. The third kappa shape index (κ3) is 5.56. The summed E-state index contributed by atoms with van der Waals surface area (Å²) in [4.78, 5) is 25.6. The minimum absolute atomic E-state index is 0.0453. The lowest BCUT2D eigenvalue weighted by Gasteiger charge is -2.29. The number of carbonyl (C=O) groups excluding carboxylic acids is 2. The van der Waals surface area contributed by atoms with Crippen LogP contribution in [0, 0.1) is 5.92 Å². The Labute approximate surface area is 224 Å². The van der Waals surface area contributed by atoms with Crippen molar-refractivity contribution in [2.45, 2.75) is 31.7 Å². The number of hydrogen-bond donors (Lipinski definition) is 0. The second-order valence-corrected chi connectivity index (χ2v) is 10.6. The Morgan fingerprint density at radius 3 is 2.47 bits per heavy atom. The molecule has 5 rings (SSSR count). The summed E-state index contributed by atoms with van der Waals surface area (Å²) in [6.45, 7) is -0.354. The third-order valence-corrected chi connectivity index (χ3v) is 7.70. The molecule has 2 aromatic carbocycles. The summed E-state index contributed by atoms with van der Waals surface area (Å²) in [5, 5.41) is 11.4. The maximum Gasteiger partial charge on any atom is 0.310 e. The molecule has 2 atom stereocenters. The van der Waals surface area contributed by atoms with Crippen LogP contribution in [0.3, 0.4) is 0 Å². The molecule has 0 N–H and O–H groups in total. The SMILES string of the molecule is O=C(Cc1ccsc1)OCC(=O)N1N=C2C(=Cc3ccc(Cl)cc3)CCCC2C1c1ccc(Cl)cc1. The summed E-state index contributed by atoms with van der Waals surface area (Å²) in [6.07, 6.45) is 5.04. The first-order valence-electron chi connectivity index (χ1n) is 11.8. The summed E-state index contributed by atoms with van der Waals surface area (Å²) >= 11 is 13.7. The van der Waals surface area contributed by atoms with Gasteiger partial charge in [0.2, 0.25) is 0 Å². The summed E-state index contributed by atoms with van der Waals surface area (Å²) in [5.41, 5.74) is 4.88. The van der Waals surface area contributed by atoms with Gasteiger partial charge in [-0.05, 0) is 88.7 Å². The van der Waals surface area contributed by atoms with Gasteiger partial charge in [-0.15, -0.1) is 0 Å². The fourth-order valence-electron chi connectivity index (χ4n) is 4.78. The number of esters is 1. The van der Waals surface area contributed by atoms with E-state index in [0.29, 0.717) is 10.0 Å². The van der Waals surface area contributed by atoms with Crippen molar-refractivity contribution in [2.24, 2.45) is 11.0 Å². The third-order valence-electron chi connectivity index (χ3n) is 6.46. The van der Waals surface area contributed by atoms with Crippen molar-refractivity contribution in [1.82, 2.24) is 5.01 Å². The zero-order valence-corrected chi connectivity index (χ0v) is 21.7. The van der Waals surface area contributed by atoms with Gasteiger partial charge in [-0.3, -0.25) is 9.59 Å². The zero-order valence-electron chi connectivity index (χ0n) is 19.4. The second kappa shape index (κ2) is 11.0. The highest BCUT2D eigenvalue weighted by Gasteiger charge is 2.43. The summed E-state index contributed by atoms with van der Waals surface area (Å²) in [7, 11) is 0. The molecule has 3 aromatic rings. The van der Waals surface area contributed by atoms with E-state index in [4.69, 9.17) is 33.0 Å². The van der Waals surface area contributed by atoms with Gasteiger partial charge >= 0.3 is 5.97 Å². The first-order valence-corrected chi connectivity index (χ1v) is 13.5. The molecule has 1 aliphatic carbocycles. The average Bonchev–Trinajstić information content (AvgIpc) is 3.53. The predicted octanol–water partition coefficient (Wildman–Crippen LogP) is 6.96. The van der Waals surface area contributed by atoms with Gasteiger partial charge in [0.25, 0.3) is 5.91 Å². The number of ether oxygens (including phenoxy) is 1. The van der Waals surface area contributed by atoms with Crippen molar-refractivity contribution >= 4 is 58.2 Å². The van der Waals surface area contributed by atoms with Crippen LogP contribution in [0.15, 0.2) is 76.0 Å². The maximum atomic E-state index is 13.3. The number of carbonyl (C=O) groups is 2. The van der Waals surface area contributed by atoms with Gasteiger partial charge in [-0.2, -0.15) is 16.4 Å². The van der Waals surface area contributed by atoms with Crippen molar-refractivity contribution in [2.75, 3.05) is 6.61 Å². The smallest absolute Gasteiger partial charge is 0.310 e. The Bertz CT molecular complexity index is 1300. The molecule has 36 heavy (non-hydrogen) atoms. The summed E-state index contributed by atoms with van der Waals surface area (Å²) in [5.74, 6) is -0.734. The lowest BCUT2D eigenvalue weighted by Crippen LogP contribution is -2.34. The van der Waals surface area contributed by atoms with Crippen LogP contribution in [-0.2, 0) is 20.7 Å². The molecule has 2 aliphatic rings. The predicted molar refractivity (Wildman–Crippen MR) is 144 cm³/mol. The highest BCUT2D eigenvalue weighted by Crippen LogP contribution is 2.44. The molecule has 1 saturated carbocycles. The molecule has 0 spiro atoms. The number of thiophene rings is 1. The topological polar surface area (TPSA) is 59.0 Å². The number of nitrogens with zero attached hydrogens (tertiary/aromatic N) is 2. The molecule has 8 heteroatoms. The highest BCUT2D eigenvalue weighted by molar-refractivity contribution is 7.08. The average molecular weight is 539 g/mol. The molecule has 0 bridgehead atoms. The van der Waals surface area contributed by atoms with E-state index < -0.39 is 5.97 Å². The van der Waals surface area contributed by atoms with Gasteiger partial charge in [0.1, 0.15) is 0 Å². The second-order valence-electron chi connectivity index (χ2n) is 8.91.